The maximum atomic E-state index is 12.8. The smallest absolute Gasteiger partial charge is 0.315 e. The molecule has 4 fully saturated rings. The van der Waals surface area contributed by atoms with Gasteiger partial charge in [0, 0.05) is 22.1 Å². The van der Waals surface area contributed by atoms with E-state index in [4.69, 9.17) is 23.2 Å². The molecule has 4 saturated carbocycles. The van der Waals surface area contributed by atoms with Gasteiger partial charge in [0.15, 0.2) is 0 Å². The molecule has 0 radical (unpaired) electrons. The highest BCUT2D eigenvalue weighted by atomic mass is 35.5. The molecule has 28 heavy (non-hydrogen) atoms. The van der Waals surface area contributed by atoms with Crippen molar-refractivity contribution in [3.8, 4) is 5.75 Å². The SMILES string of the molecule is O=C(NC1CCC1)NC12CCC(NC(=O)c3cc(Cl)cc(Cl)c3O)(CC1)CC2. The number of benzene rings is 1. The zero-order valence-electron chi connectivity index (χ0n) is 15.6. The number of hydrogen-bond donors (Lipinski definition) is 4. The Morgan fingerprint density at radius 2 is 1.54 bits per heavy atom. The van der Waals surface area contributed by atoms with Crippen molar-refractivity contribution < 1.29 is 14.7 Å². The number of hydrogen-bond acceptors (Lipinski definition) is 3. The Balaban J connectivity index is 1.38. The van der Waals surface area contributed by atoms with Crippen LogP contribution in [0.4, 0.5) is 4.79 Å². The van der Waals surface area contributed by atoms with Gasteiger partial charge in [0.2, 0.25) is 0 Å². The van der Waals surface area contributed by atoms with Gasteiger partial charge in [-0.25, -0.2) is 4.79 Å². The second-order valence-corrected chi connectivity index (χ2v) is 9.37. The first-order valence-electron chi connectivity index (χ1n) is 9.89. The highest BCUT2D eigenvalue weighted by molar-refractivity contribution is 6.36. The average Bonchev–Trinajstić information content (AvgIpc) is 2.62. The molecule has 0 saturated heterocycles. The molecule has 4 aliphatic rings. The zero-order chi connectivity index (χ0) is 19.9. The number of urea groups is 1. The van der Waals surface area contributed by atoms with E-state index in [0.717, 1.165) is 51.4 Å². The Bertz CT molecular complexity index is 786. The van der Waals surface area contributed by atoms with Crippen LogP contribution in [0.25, 0.3) is 0 Å². The summed E-state index contributed by atoms with van der Waals surface area (Å²) in [5, 5.41) is 19.8. The fourth-order valence-corrected chi connectivity index (χ4v) is 5.12. The van der Waals surface area contributed by atoms with Gasteiger partial charge in [0.25, 0.3) is 5.91 Å². The maximum absolute atomic E-state index is 12.8. The van der Waals surface area contributed by atoms with Crippen molar-refractivity contribution in [2.75, 3.05) is 0 Å². The molecule has 0 aliphatic heterocycles. The highest BCUT2D eigenvalue weighted by Crippen LogP contribution is 2.47. The van der Waals surface area contributed by atoms with Crippen LogP contribution in [0.15, 0.2) is 12.1 Å². The van der Waals surface area contributed by atoms with Gasteiger partial charge in [-0.1, -0.05) is 23.2 Å². The average molecular weight is 426 g/mol. The van der Waals surface area contributed by atoms with Crippen molar-refractivity contribution in [3.05, 3.63) is 27.7 Å². The Morgan fingerprint density at radius 1 is 0.964 bits per heavy atom. The number of nitrogens with one attached hydrogen (secondary N) is 3. The maximum Gasteiger partial charge on any atom is 0.315 e. The van der Waals surface area contributed by atoms with E-state index >= 15 is 0 Å². The summed E-state index contributed by atoms with van der Waals surface area (Å²) in [6.07, 6.45) is 8.17. The summed E-state index contributed by atoms with van der Waals surface area (Å²) in [7, 11) is 0. The summed E-state index contributed by atoms with van der Waals surface area (Å²) >= 11 is 11.9. The van der Waals surface area contributed by atoms with Crippen LogP contribution >= 0.6 is 23.2 Å². The van der Waals surface area contributed by atoms with E-state index < -0.39 is 0 Å². The number of carbonyl (C=O) groups excluding carboxylic acids is 2. The summed E-state index contributed by atoms with van der Waals surface area (Å²) < 4.78 is 0. The van der Waals surface area contributed by atoms with Gasteiger partial charge in [0.05, 0.1) is 10.6 Å². The lowest BCUT2D eigenvalue weighted by Crippen LogP contribution is -2.65. The molecular weight excluding hydrogens is 401 g/mol. The predicted octanol–water partition coefficient (Wildman–Crippen LogP) is 4.13. The lowest BCUT2D eigenvalue weighted by molar-refractivity contribution is 0.0523. The minimum Gasteiger partial charge on any atom is -0.506 e. The zero-order valence-corrected chi connectivity index (χ0v) is 17.1. The molecule has 4 aliphatic carbocycles. The van der Waals surface area contributed by atoms with E-state index in [9.17, 15) is 14.7 Å². The Hall–Kier alpha value is -1.66. The summed E-state index contributed by atoms with van der Waals surface area (Å²) in [4.78, 5) is 25.1. The van der Waals surface area contributed by atoms with Crippen LogP contribution in [0.1, 0.15) is 68.1 Å². The fraction of sp³-hybridized carbons (Fsp3) is 0.600. The van der Waals surface area contributed by atoms with Gasteiger partial charge in [-0.05, 0) is 69.9 Å². The largest absolute Gasteiger partial charge is 0.506 e. The molecule has 1 aromatic carbocycles. The van der Waals surface area contributed by atoms with Crippen LogP contribution in [0.5, 0.6) is 5.75 Å². The van der Waals surface area contributed by atoms with Crippen molar-refractivity contribution in [3.63, 3.8) is 0 Å². The normalized spacial score (nSPS) is 29.1. The first kappa shape index (κ1) is 19.6. The number of phenols is 1. The molecule has 0 aromatic heterocycles. The molecule has 0 unspecified atom stereocenters. The van der Waals surface area contributed by atoms with E-state index in [1.165, 1.54) is 18.6 Å². The van der Waals surface area contributed by atoms with Crippen molar-refractivity contribution in [1.29, 1.82) is 0 Å². The molecule has 0 spiro atoms. The third kappa shape index (κ3) is 3.77. The van der Waals surface area contributed by atoms with E-state index in [2.05, 4.69) is 16.0 Å². The summed E-state index contributed by atoms with van der Waals surface area (Å²) in [6, 6.07) is 3.08. The van der Waals surface area contributed by atoms with E-state index in [1.54, 1.807) is 0 Å². The number of fused-ring (bicyclic) bond motifs is 3. The van der Waals surface area contributed by atoms with Crippen LogP contribution in [-0.4, -0.2) is 34.2 Å². The molecule has 0 atom stereocenters. The molecule has 152 valence electrons. The number of phenolic OH excluding ortho intramolecular Hbond substituents is 1. The Kier molecular flexibility index (Phi) is 5.12. The molecule has 3 amide bonds. The third-order valence-corrected chi connectivity index (χ3v) is 7.22. The van der Waals surface area contributed by atoms with Crippen molar-refractivity contribution in [2.24, 2.45) is 0 Å². The third-order valence-electron chi connectivity index (χ3n) is 6.72. The number of carbonyl (C=O) groups is 2. The monoisotopic (exact) mass is 425 g/mol. The summed E-state index contributed by atoms with van der Waals surface area (Å²) in [5.74, 6) is -0.623. The molecule has 4 N–H and O–H groups in total. The molecular formula is C20H25Cl2N3O3. The van der Waals surface area contributed by atoms with Gasteiger partial charge in [-0.2, -0.15) is 0 Å². The topological polar surface area (TPSA) is 90.5 Å². The molecule has 6 nitrogen and oxygen atoms in total. The molecule has 8 heteroatoms. The standard InChI is InChI=1S/C20H25Cl2N3O3/c21-12-10-14(16(26)15(22)11-12)17(27)24-19-4-7-20(8-5-19,9-6-19)25-18(28)23-13-2-1-3-13/h10-11,13,26H,1-9H2,(H,24,27)(H2,23,25,28). The van der Waals surface area contributed by atoms with Crippen LogP contribution in [0.3, 0.4) is 0 Å². The van der Waals surface area contributed by atoms with Crippen molar-refractivity contribution in [1.82, 2.24) is 16.0 Å². The quantitative estimate of drug-likeness (QED) is 0.584. The first-order chi connectivity index (χ1) is 13.3. The van der Waals surface area contributed by atoms with Gasteiger partial charge < -0.3 is 21.1 Å². The second-order valence-electron chi connectivity index (χ2n) is 8.52. The van der Waals surface area contributed by atoms with Crippen LogP contribution in [0.2, 0.25) is 10.0 Å². The van der Waals surface area contributed by atoms with E-state index in [0.29, 0.717) is 11.1 Å². The second kappa shape index (κ2) is 7.30. The van der Waals surface area contributed by atoms with Gasteiger partial charge in [-0.3, -0.25) is 4.79 Å². The van der Waals surface area contributed by atoms with E-state index in [1.807, 2.05) is 0 Å². The Morgan fingerprint density at radius 3 is 2.07 bits per heavy atom. The number of rotatable bonds is 4. The minimum atomic E-state index is -0.369. The van der Waals surface area contributed by atoms with E-state index in [-0.39, 0.29) is 39.4 Å². The van der Waals surface area contributed by atoms with Crippen molar-refractivity contribution in [2.45, 2.75) is 74.9 Å². The van der Waals surface area contributed by atoms with Gasteiger partial charge in [-0.15, -0.1) is 0 Å². The Labute approximate surface area is 174 Å². The van der Waals surface area contributed by atoms with Crippen LogP contribution in [-0.2, 0) is 0 Å². The minimum absolute atomic E-state index is 0.0585. The van der Waals surface area contributed by atoms with Crippen molar-refractivity contribution >= 4 is 35.1 Å². The molecule has 0 heterocycles. The van der Waals surface area contributed by atoms with Crippen LogP contribution < -0.4 is 16.0 Å². The summed E-state index contributed by atoms with van der Waals surface area (Å²) in [5.41, 5.74) is -0.402. The number of amides is 3. The molecule has 2 bridgehead atoms. The highest BCUT2D eigenvalue weighted by Gasteiger charge is 2.50. The van der Waals surface area contributed by atoms with Gasteiger partial charge in [0.1, 0.15) is 5.75 Å². The van der Waals surface area contributed by atoms with Gasteiger partial charge >= 0.3 is 6.03 Å². The van der Waals surface area contributed by atoms with Crippen LogP contribution in [0, 0.1) is 0 Å². The fourth-order valence-electron chi connectivity index (χ4n) is 4.62. The first-order valence-corrected chi connectivity index (χ1v) is 10.6. The molecule has 5 rings (SSSR count). The lowest BCUT2D eigenvalue weighted by atomic mass is 9.61. The molecule has 1 aromatic rings. The summed E-state index contributed by atoms with van der Waals surface area (Å²) in [6.45, 7) is 0. The number of halogens is 2. The predicted molar refractivity (Wildman–Crippen MR) is 108 cm³/mol. The number of aromatic hydroxyl groups is 1. The lowest BCUT2D eigenvalue weighted by Gasteiger charge is -2.53.